The molecule has 0 atom stereocenters. The molecule has 3 heterocycles. The molecule has 162 valence electrons. The smallest absolute Gasteiger partial charge is 0.250 e. The number of amides is 1. The molecule has 0 saturated heterocycles. The van der Waals surface area contributed by atoms with Gasteiger partial charge in [-0.3, -0.25) is 14.3 Å². The third-order valence-electron chi connectivity index (χ3n) is 4.22. The van der Waals surface area contributed by atoms with Gasteiger partial charge >= 0.3 is 0 Å². The van der Waals surface area contributed by atoms with Gasteiger partial charge in [0, 0.05) is 28.5 Å². The summed E-state index contributed by atoms with van der Waals surface area (Å²) in [6.07, 6.45) is 5.06. The molecule has 1 amide bonds. The van der Waals surface area contributed by atoms with Gasteiger partial charge in [0.25, 0.3) is 5.91 Å². The fourth-order valence-electron chi connectivity index (χ4n) is 2.83. The number of carbonyl (C=O) groups excluding carboxylic acids is 1. The molecule has 8 nitrogen and oxygen atoms in total. The van der Waals surface area contributed by atoms with Crippen molar-refractivity contribution in [3.05, 3.63) is 71.2 Å². The first kappa shape index (κ1) is 21.7. The van der Waals surface area contributed by atoms with Crippen LogP contribution in [0.15, 0.2) is 76.6 Å². The van der Waals surface area contributed by atoms with Crippen molar-refractivity contribution in [1.82, 2.24) is 25.2 Å². The average Bonchev–Trinajstić information content (AvgIpc) is 3.49. The number of rotatable bonds is 9. The van der Waals surface area contributed by atoms with Gasteiger partial charge in [0.1, 0.15) is 5.75 Å². The standard InChI is InChI=1S/C22H20N6O2S2/c1-2-30-18-9-7-17(8-10-18)28-21(16-5-3-11-23-13-16)26-27-22(28)32-15-20(29)25-24-14-19-6-4-12-31-19/h3-14H,2,15H2,1H3,(H,25,29)/b24-14-. The Morgan fingerprint density at radius 3 is 2.81 bits per heavy atom. The highest BCUT2D eigenvalue weighted by Crippen LogP contribution is 2.28. The minimum atomic E-state index is -0.230. The van der Waals surface area contributed by atoms with E-state index in [0.29, 0.717) is 17.6 Å². The molecule has 1 N–H and O–H groups in total. The lowest BCUT2D eigenvalue weighted by molar-refractivity contribution is -0.118. The van der Waals surface area contributed by atoms with Crippen molar-refractivity contribution in [2.45, 2.75) is 12.1 Å². The van der Waals surface area contributed by atoms with Gasteiger partial charge in [-0.25, -0.2) is 5.43 Å². The van der Waals surface area contributed by atoms with Crippen molar-refractivity contribution in [3.63, 3.8) is 0 Å². The van der Waals surface area contributed by atoms with E-state index in [4.69, 9.17) is 4.74 Å². The van der Waals surface area contributed by atoms with Crippen molar-refractivity contribution < 1.29 is 9.53 Å². The molecule has 1 aromatic carbocycles. The average molecular weight is 465 g/mol. The molecule has 10 heteroatoms. The Morgan fingerprint density at radius 2 is 2.09 bits per heavy atom. The summed E-state index contributed by atoms with van der Waals surface area (Å²) in [5.41, 5.74) is 4.22. The van der Waals surface area contributed by atoms with Gasteiger partial charge < -0.3 is 4.74 Å². The van der Waals surface area contributed by atoms with Gasteiger partial charge in [-0.05, 0) is 54.8 Å². The maximum absolute atomic E-state index is 12.3. The van der Waals surface area contributed by atoms with Crippen molar-refractivity contribution in [3.8, 4) is 22.8 Å². The van der Waals surface area contributed by atoms with Crippen LogP contribution in [-0.2, 0) is 4.79 Å². The molecule has 0 bridgehead atoms. The normalized spacial score (nSPS) is 11.0. The second-order valence-corrected chi connectivity index (χ2v) is 8.33. The molecule has 0 aliphatic heterocycles. The van der Waals surface area contributed by atoms with Crippen LogP contribution in [0, 0.1) is 0 Å². The number of hydrogen-bond acceptors (Lipinski definition) is 8. The third-order valence-corrected chi connectivity index (χ3v) is 5.95. The Labute approximate surface area is 193 Å². The number of thioether (sulfide) groups is 1. The summed E-state index contributed by atoms with van der Waals surface area (Å²) in [4.78, 5) is 17.4. The van der Waals surface area contributed by atoms with Crippen LogP contribution in [0.3, 0.4) is 0 Å². The highest BCUT2D eigenvalue weighted by Gasteiger charge is 2.17. The molecular weight excluding hydrogens is 444 g/mol. The van der Waals surface area contributed by atoms with Gasteiger partial charge in [0.05, 0.1) is 18.6 Å². The van der Waals surface area contributed by atoms with Crippen LogP contribution >= 0.6 is 23.1 Å². The number of nitrogens with zero attached hydrogens (tertiary/aromatic N) is 5. The number of hydrazone groups is 1. The third kappa shape index (κ3) is 5.40. The van der Waals surface area contributed by atoms with Crippen molar-refractivity contribution in [2.24, 2.45) is 5.10 Å². The van der Waals surface area contributed by atoms with E-state index in [1.165, 1.54) is 11.8 Å². The molecule has 0 aliphatic rings. The van der Waals surface area contributed by atoms with Gasteiger partial charge in [-0.15, -0.1) is 21.5 Å². The molecule has 32 heavy (non-hydrogen) atoms. The highest BCUT2D eigenvalue weighted by molar-refractivity contribution is 7.99. The lowest BCUT2D eigenvalue weighted by Gasteiger charge is -2.11. The largest absolute Gasteiger partial charge is 0.494 e. The number of thiophene rings is 1. The zero-order valence-corrected chi connectivity index (χ0v) is 18.8. The van der Waals surface area contributed by atoms with Gasteiger partial charge in [-0.2, -0.15) is 5.10 Å². The number of pyridine rings is 1. The lowest BCUT2D eigenvalue weighted by Crippen LogP contribution is -2.19. The number of carbonyl (C=O) groups is 1. The van der Waals surface area contributed by atoms with Gasteiger partial charge in [-0.1, -0.05) is 17.8 Å². The van der Waals surface area contributed by atoms with E-state index in [1.807, 2.05) is 65.4 Å². The van der Waals surface area contributed by atoms with Crippen LogP contribution in [0.1, 0.15) is 11.8 Å². The monoisotopic (exact) mass is 464 g/mol. The molecule has 0 fully saturated rings. The number of nitrogens with one attached hydrogen (secondary N) is 1. The Hall–Kier alpha value is -3.50. The van der Waals surface area contributed by atoms with Crippen molar-refractivity contribution in [2.75, 3.05) is 12.4 Å². The topological polar surface area (TPSA) is 94.3 Å². The molecule has 0 saturated carbocycles. The summed E-state index contributed by atoms with van der Waals surface area (Å²) in [6.45, 7) is 2.54. The van der Waals surface area contributed by atoms with Crippen LogP contribution in [0.2, 0.25) is 0 Å². The fourth-order valence-corrected chi connectivity index (χ4v) is 4.16. The Balaban J connectivity index is 1.53. The quantitative estimate of drug-likeness (QED) is 0.228. The predicted octanol–water partition coefficient (Wildman–Crippen LogP) is 4.03. The molecule has 0 radical (unpaired) electrons. The Morgan fingerprint density at radius 1 is 1.22 bits per heavy atom. The minimum absolute atomic E-state index is 0.143. The van der Waals surface area contributed by atoms with E-state index in [9.17, 15) is 4.79 Å². The second-order valence-electron chi connectivity index (χ2n) is 6.41. The van der Waals surface area contributed by atoms with E-state index in [1.54, 1.807) is 29.9 Å². The Bertz CT molecular complexity index is 1180. The Kier molecular flexibility index (Phi) is 7.26. The van der Waals surface area contributed by atoms with Crippen LogP contribution in [0.4, 0.5) is 0 Å². The number of benzene rings is 1. The summed E-state index contributed by atoms with van der Waals surface area (Å²) in [5, 5.41) is 15.2. The summed E-state index contributed by atoms with van der Waals surface area (Å²) in [7, 11) is 0. The SMILES string of the molecule is CCOc1ccc(-n2c(SCC(=O)N/N=C\c3cccs3)nnc2-c2cccnc2)cc1. The van der Waals surface area contributed by atoms with Crippen LogP contribution in [0.25, 0.3) is 17.1 Å². The van der Waals surface area contributed by atoms with Crippen molar-refractivity contribution in [1.29, 1.82) is 0 Å². The zero-order chi connectivity index (χ0) is 22.2. The van der Waals surface area contributed by atoms with Gasteiger partial charge in [0.2, 0.25) is 0 Å². The lowest BCUT2D eigenvalue weighted by atomic mass is 10.2. The van der Waals surface area contributed by atoms with Crippen LogP contribution in [0.5, 0.6) is 5.75 Å². The predicted molar refractivity (Wildman–Crippen MR) is 127 cm³/mol. The van der Waals surface area contributed by atoms with Crippen LogP contribution in [-0.4, -0.2) is 44.2 Å². The number of aromatic nitrogens is 4. The fraction of sp³-hybridized carbons (Fsp3) is 0.136. The molecule has 0 spiro atoms. The summed E-state index contributed by atoms with van der Waals surface area (Å²) in [6, 6.07) is 15.3. The van der Waals surface area contributed by atoms with Crippen molar-refractivity contribution >= 4 is 35.2 Å². The first-order valence-electron chi connectivity index (χ1n) is 9.82. The van der Waals surface area contributed by atoms with E-state index in [0.717, 1.165) is 21.9 Å². The second kappa shape index (κ2) is 10.7. The molecule has 0 aliphatic carbocycles. The number of hydrogen-bond donors (Lipinski definition) is 1. The van der Waals surface area contributed by atoms with Crippen LogP contribution < -0.4 is 10.2 Å². The molecular formula is C22H20N6O2S2. The first-order valence-corrected chi connectivity index (χ1v) is 11.7. The highest BCUT2D eigenvalue weighted by atomic mass is 32.2. The maximum Gasteiger partial charge on any atom is 0.250 e. The summed E-state index contributed by atoms with van der Waals surface area (Å²) >= 11 is 2.83. The summed E-state index contributed by atoms with van der Waals surface area (Å²) in [5.74, 6) is 1.33. The van der Waals surface area contributed by atoms with E-state index in [-0.39, 0.29) is 11.7 Å². The zero-order valence-electron chi connectivity index (χ0n) is 17.2. The van der Waals surface area contributed by atoms with E-state index >= 15 is 0 Å². The first-order chi connectivity index (χ1) is 15.7. The molecule has 4 aromatic rings. The maximum atomic E-state index is 12.3. The molecule has 0 unspecified atom stereocenters. The van der Waals surface area contributed by atoms with E-state index < -0.39 is 0 Å². The number of ether oxygens (including phenoxy) is 1. The molecule has 4 rings (SSSR count). The minimum Gasteiger partial charge on any atom is -0.494 e. The molecule has 3 aromatic heterocycles. The van der Waals surface area contributed by atoms with E-state index in [2.05, 4.69) is 25.7 Å². The van der Waals surface area contributed by atoms with Gasteiger partial charge in [0.15, 0.2) is 11.0 Å². The summed E-state index contributed by atoms with van der Waals surface area (Å²) < 4.78 is 7.45.